The molecule has 1 atom stereocenters. The van der Waals surface area contributed by atoms with Crippen LogP contribution in [0.15, 0.2) is 91.0 Å². The van der Waals surface area contributed by atoms with E-state index in [1.807, 2.05) is 18.2 Å². The van der Waals surface area contributed by atoms with E-state index >= 15 is 0 Å². The van der Waals surface area contributed by atoms with Gasteiger partial charge in [-0.15, -0.1) is 0 Å². The molecule has 1 aliphatic rings. The number of rotatable bonds is 8. The van der Waals surface area contributed by atoms with Gasteiger partial charge in [0.05, 0.1) is 0 Å². The van der Waals surface area contributed by atoms with Crippen LogP contribution in [0.3, 0.4) is 0 Å². The Kier molecular flexibility index (Phi) is 7.77. The molecular weight excluding hydrogens is 390 g/mol. The van der Waals surface area contributed by atoms with Crippen LogP contribution < -0.4 is 4.90 Å². The molecule has 0 heterocycles. The Hall–Kier alpha value is -2.86. The zero-order chi connectivity index (χ0) is 22.1. The van der Waals surface area contributed by atoms with E-state index in [-0.39, 0.29) is 0 Å². The first-order valence-electron chi connectivity index (χ1n) is 11.9. The number of aliphatic hydroxyl groups is 1. The molecular formula is C30H34NO+. The van der Waals surface area contributed by atoms with Crippen molar-refractivity contribution in [2.45, 2.75) is 50.8 Å². The summed E-state index contributed by atoms with van der Waals surface area (Å²) in [7, 11) is 0. The van der Waals surface area contributed by atoms with Crippen LogP contribution in [0.25, 0.3) is 0 Å². The zero-order valence-electron chi connectivity index (χ0n) is 18.8. The van der Waals surface area contributed by atoms with Crippen LogP contribution in [0.2, 0.25) is 0 Å². The van der Waals surface area contributed by atoms with Gasteiger partial charge in [0.25, 0.3) is 0 Å². The fraction of sp³-hybridized carbons (Fsp3) is 0.333. The summed E-state index contributed by atoms with van der Waals surface area (Å²) >= 11 is 0. The highest BCUT2D eigenvalue weighted by molar-refractivity contribution is 5.26. The smallest absolute Gasteiger partial charge is 0.139 e. The zero-order valence-corrected chi connectivity index (χ0v) is 18.8. The van der Waals surface area contributed by atoms with Crippen LogP contribution in [0, 0.1) is 17.8 Å². The summed E-state index contributed by atoms with van der Waals surface area (Å²) < 4.78 is 0. The number of nitrogens with one attached hydrogen (secondary N) is 1. The number of hydrogen-bond donors (Lipinski definition) is 2. The van der Waals surface area contributed by atoms with Gasteiger partial charge in [-0.25, -0.2) is 0 Å². The van der Waals surface area contributed by atoms with Crippen LogP contribution in [0.4, 0.5) is 0 Å². The largest absolute Gasteiger partial charge is 0.384 e. The third kappa shape index (κ3) is 5.88. The van der Waals surface area contributed by atoms with E-state index in [4.69, 9.17) is 0 Å². The van der Waals surface area contributed by atoms with Crippen molar-refractivity contribution >= 4 is 0 Å². The summed E-state index contributed by atoms with van der Waals surface area (Å²) in [6.45, 7) is 2.64. The average Bonchev–Trinajstić information content (AvgIpc) is 3.39. The molecule has 0 aromatic heterocycles. The van der Waals surface area contributed by atoms with Gasteiger partial charge < -0.3 is 10.0 Å². The molecule has 2 N–H and O–H groups in total. The molecule has 0 amide bonds. The van der Waals surface area contributed by atoms with Crippen LogP contribution in [0.1, 0.15) is 48.8 Å². The number of hydrogen-bond acceptors (Lipinski definition) is 1. The standard InChI is InChI=1S/C30H33NO/c32-30(29-20-10-11-21-29,28-18-8-3-9-19-28)22-12-13-23-31(24-26-14-4-1-5-15-26)25-27-16-6-2-7-17-27/h1-9,14-19,29,32H,10-11,20-25H2/p+1/t30-/m1/s1. The fourth-order valence-corrected chi connectivity index (χ4v) is 4.95. The SMILES string of the molecule is O[C@](CC#CC[NH+](Cc1ccccc1)Cc1ccccc1)(c1ccccc1)C1CCCC1. The lowest BCUT2D eigenvalue weighted by Gasteiger charge is -2.33. The molecule has 1 saturated carbocycles. The van der Waals surface area contributed by atoms with Gasteiger partial charge in [-0.05, 0) is 30.2 Å². The van der Waals surface area contributed by atoms with E-state index in [9.17, 15) is 5.11 Å². The lowest BCUT2D eigenvalue weighted by molar-refractivity contribution is -0.920. The molecule has 0 unspecified atom stereocenters. The van der Waals surface area contributed by atoms with Crippen molar-refractivity contribution in [3.05, 3.63) is 108 Å². The highest BCUT2D eigenvalue weighted by Gasteiger charge is 2.39. The maximum Gasteiger partial charge on any atom is 0.139 e. The summed E-state index contributed by atoms with van der Waals surface area (Å²) in [4.78, 5) is 1.42. The Morgan fingerprint density at radius 1 is 0.719 bits per heavy atom. The molecule has 0 aliphatic heterocycles. The van der Waals surface area contributed by atoms with Gasteiger partial charge in [0.1, 0.15) is 25.2 Å². The monoisotopic (exact) mass is 424 g/mol. The molecule has 4 rings (SSSR count). The van der Waals surface area contributed by atoms with Gasteiger partial charge in [0.2, 0.25) is 0 Å². The molecule has 1 fully saturated rings. The Morgan fingerprint density at radius 3 is 1.75 bits per heavy atom. The highest BCUT2D eigenvalue weighted by Crippen LogP contribution is 2.42. The molecule has 1 aliphatic carbocycles. The first-order valence-corrected chi connectivity index (χ1v) is 11.9. The van der Waals surface area contributed by atoms with Crippen LogP contribution >= 0.6 is 0 Å². The molecule has 0 spiro atoms. The normalized spacial score (nSPS) is 15.8. The van der Waals surface area contributed by atoms with Gasteiger partial charge >= 0.3 is 0 Å². The molecule has 164 valence electrons. The van der Waals surface area contributed by atoms with E-state index < -0.39 is 5.60 Å². The van der Waals surface area contributed by atoms with Crippen LogP contribution in [-0.4, -0.2) is 11.7 Å². The number of benzene rings is 3. The predicted molar refractivity (Wildman–Crippen MR) is 131 cm³/mol. The Labute approximate surface area is 192 Å². The predicted octanol–water partition coefficient (Wildman–Crippen LogP) is 4.74. The molecule has 2 heteroatoms. The second-order valence-corrected chi connectivity index (χ2v) is 9.05. The van der Waals surface area contributed by atoms with Crippen molar-refractivity contribution in [1.29, 1.82) is 0 Å². The quantitative estimate of drug-likeness (QED) is 0.502. The van der Waals surface area contributed by atoms with E-state index in [1.54, 1.807) is 0 Å². The third-order valence-electron chi connectivity index (χ3n) is 6.72. The van der Waals surface area contributed by atoms with Crippen molar-refractivity contribution < 1.29 is 10.0 Å². The molecule has 3 aromatic rings. The number of quaternary nitrogens is 1. The van der Waals surface area contributed by atoms with Gasteiger partial charge in [0, 0.05) is 17.5 Å². The summed E-state index contributed by atoms with van der Waals surface area (Å²) in [5, 5.41) is 11.7. The van der Waals surface area contributed by atoms with Gasteiger partial charge in [-0.2, -0.15) is 0 Å². The Bertz CT molecular complexity index is 959. The highest BCUT2D eigenvalue weighted by atomic mass is 16.3. The molecule has 0 saturated heterocycles. The maximum atomic E-state index is 11.7. The average molecular weight is 425 g/mol. The summed E-state index contributed by atoms with van der Waals surface area (Å²) in [6, 6.07) is 31.4. The minimum absolute atomic E-state index is 0.302. The molecule has 3 aromatic carbocycles. The van der Waals surface area contributed by atoms with E-state index in [0.29, 0.717) is 12.3 Å². The van der Waals surface area contributed by atoms with Crippen LogP contribution in [-0.2, 0) is 18.7 Å². The van der Waals surface area contributed by atoms with Crippen molar-refractivity contribution in [2.24, 2.45) is 5.92 Å². The van der Waals surface area contributed by atoms with Crippen molar-refractivity contribution in [2.75, 3.05) is 6.54 Å². The minimum atomic E-state index is -0.843. The van der Waals surface area contributed by atoms with Gasteiger partial charge in [-0.3, -0.25) is 0 Å². The minimum Gasteiger partial charge on any atom is -0.384 e. The summed E-state index contributed by atoms with van der Waals surface area (Å²) in [6.07, 6.45) is 5.10. The maximum absolute atomic E-state index is 11.7. The first kappa shape index (κ1) is 22.3. The van der Waals surface area contributed by atoms with Gasteiger partial charge in [0.15, 0.2) is 0 Å². The van der Waals surface area contributed by atoms with E-state index in [2.05, 4.69) is 84.6 Å². The third-order valence-corrected chi connectivity index (χ3v) is 6.72. The van der Waals surface area contributed by atoms with E-state index in [0.717, 1.165) is 38.0 Å². The topological polar surface area (TPSA) is 24.7 Å². The van der Waals surface area contributed by atoms with Crippen LogP contribution in [0.5, 0.6) is 0 Å². The Balaban J connectivity index is 1.47. The lowest BCUT2D eigenvalue weighted by atomic mass is 9.78. The Morgan fingerprint density at radius 2 is 1.22 bits per heavy atom. The molecule has 0 bridgehead atoms. The fourth-order valence-electron chi connectivity index (χ4n) is 4.95. The van der Waals surface area contributed by atoms with Crippen molar-refractivity contribution in [3.63, 3.8) is 0 Å². The van der Waals surface area contributed by atoms with Gasteiger partial charge in [-0.1, -0.05) is 110 Å². The lowest BCUT2D eigenvalue weighted by Crippen LogP contribution is -3.09. The van der Waals surface area contributed by atoms with Crippen molar-refractivity contribution in [1.82, 2.24) is 0 Å². The van der Waals surface area contributed by atoms with E-state index in [1.165, 1.54) is 28.9 Å². The first-order chi connectivity index (χ1) is 15.7. The second-order valence-electron chi connectivity index (χ2n) is 9.05. The van der Waals surface area contributed by atoms with Crippen molar-refractivity contribution in [3.8, 4) is 11.8 Å². The second kappa shape index (κ2) is 11.1. The summed E-state index contributed by atoms with van der Waals surface area (Å²) in [5.74, 6) is 7.11. The molecule has 0 radical (unpaired) electrons. The molecule has 32 heavy (non-hydrogen) atoms. The molecule has 2 nitrogen and oxygen atoms in total. The summed E-state index contributed by atoms with van der Waals surface area (Å²) in [5.41, 5.74) is 2.82.